The number of aromatic hydroxyl groups is 1. The van der Waals surface area contributed by atoms with Crippen molar-refractivity contribution in [1.29, 1.82) is 0 Å². The van der Waals surface area contributed by atoms with E-state index in [9.17, 15) is 5.11 Å². The molecule has 3 aliphatic rings. The molecule has 2 fully saturated rings. The number of halogens is 1. The maximum Gasteiger partial charge on any atom is 0.199 e. The van der Waals surface area contributed by atoms with Gasteiger partial charge in [-0.1, -0.05) is 39.3 Å². The first-order valence-corrected chi connectivity index (χ1v) is 11.3. The van der Waals surface area contributed by atoms with Crippen LogP contribution >= 0.6 is 15.9 Å². The van der Waals surface area contributed by atoms with Gasteiger partial charge in [0.05, 0.1) is 11.3 Å². The Hall–Kier alpha value is -2.68. The van der Waals surface area contributed by atoms with Crippen LogP contribution in [0, 0.1) is 11.8 Å². The number of benzene rings is 2. The highest BCUT2D eigenvalue weighted by atomic mass is 79.9. The fraction of sp³-hybridized carbons (Fsp3) is 0.304. The van der Waals surface area contributed by atoms with E-state index in [-0.39, 0.29) is 5.88 Å². The molecular formula is C23H22BrN5O2. The zero-order valence-electron chi connectivity index (χ0n) is 16.8. The van der Waals surface area contributed by atoms with Crippen LogP contribution < -0.4 is 5.73 Å². The van der Waals surface area contributed by atoms with Crippen LogP contribution in [0.1, 0.15) is 11.1 Å². The molecule has 1 unspecified atom stereocenters. The van der Waals surface area contributed by atoms with Crippen molar-refractivity contribution >= 4 is 43.9 Å². The van der Waals surface area contributed by atoms with Gasteiger partial charge in [0.15, 0.2) is 5.88 Å². The summed E-state index contributed by atoms with van der Waals surface area (Å²) in [6.45, 7) is 3.44. The van der Waals surface area contributed by atoms with Crippen LogP contribution in [0.4, 0.5) is 5.69 Å². The Kier molecular flexibility index (Phi) is 4.41. The quantitative estimate of drug-likeness (QED) is 0.385. The van der Waals surface area contributed by atoms with Crippen LogP contribution in [-0.4, -0.2) is 58.7 Å². The summed E-state index contributed by atoms with van der Waals surface area (Å²) in [6.07, 6.45) is 0. The number of aliphatic imine (C=N–C) groups is 1. The van der Waals surface area contributed by atoms with Gasteiger partial charge in [0, 0.05) is 46.6 Å². The summed E-state index contributed by atoms with van der Waals surface area (Å²) in [4.78, 5) is 16.0. The SMILES string of the molecule is NC1[C@H]2CN(CCON=C3C(c4c(O)[nH]c5ccc(Br)cc45)=Nc4ccccc43)C[C@@H]12. The van der Waals surface area contributed by atoms with E-state index in [2.05, 4.69) is 31.0 Å². The number of nitrogens with zero attached hydrogens (tertiary/aromatic N) is 3. The Balaban J connectivity index is 1.28. The number of aromatic nitrogens is 1. The van der Waals surface area contributed by atoms with E-state index in [0.717, 1.165) is 46.3 Å². The fourth-order valence-corrected chi connectivity index (χ4v) is 5.21. The number of piperidine rings is 1. The van der Waals surface area contributed by atoms with Crippen molar-refractivity contribution in [3.63, 3.8) is 0 Å². The van der Waals surface area contributed by atoms with E-state index in [0.29, 0.717) is 41.5 Å². The molecule has 3 atom stereocenters. The van der Waals surface area contributed by atoms with Gasteiger partial charge in [0.2, 0.25) is 0 Å². The minimum absolute atomic E-state index is 0.0694. The number of H-pyrrole nitrogens is 1. The Morgan fingerprint density at radius 2 is 2.03 bits per heavy atom. The van der Waals surface area contributed by atoms with Gasteiger partial charge in [-0.05, 0) is 36.1 Å². The van der Waals surface area contributed by atoms with Gasteiger partial charge < -0.3 is 20.7 Å². The predicted molar refractivity (Wildman–Crippen MR) is 124 cm³/mol. The molecule has 2 aliphatic heterocycles. The smallest absolute Gasteiger partial charge is 0.199 e. The average Bonchev–Trinajstić information content (AvgIpc) is 3.15. The van der Waals surface area contributed by atoms with E-state index in [1.807, 2.05) is 42.5 Å². The Labute approximate surface area is 187 Å². The number of para-hydroxylation sites is 1. The molecule has 3 heterocycles. The van der Waals surface area contributed by atoms with Crippen LogP contribution in [0.15, 0.2) is 57.1 Å². The zero-order chi connectivity index (χ0) is 21.1. The predicted octanol–water partition coefficient (Wildman–Crippen LogP) is 3.38. The van der Waals surface area contributed by atoms with Gasteiger partial charge in [-0.25, -0.2) is 4.99 Å². The van der Waals surface area contributed by atoms with Gasteiger partial charge in [-0.15, -0.1) is 0 Å². The standard InChI is InChI=1S/C23H22BrN5O2/c24-12-5-6-18-14(9-12)19(23(30)27-18)22-21(13-3-1-2-4-17(13)26-22)28-31-8-7-29-10-15-16(11-29)20(15)25/h1-6,9,15-16,20,27,30H,7-8,10-11,25H2/t15-,16+,20?. The molecular weight excluding hydrogens is 458 g/mol. The summed E-state index contributed by atoms with van der Waals surface area (Å²) in [6, 6.07) is 14.0. The number of rotatable bonds is 5. The highest BCUT2D eigenvalue weighted by Gasteiger charge is 2.53. The molecule has 0 spiro atoms. The highest BCUT2D eigenvalue weighted by Crippen LogP contribution is 2.43. The first-order chi connectivity index (χ1) is 15.1. The van der Waals surface area contributed by atoms with Crippen LogP contribution in [0.5, 0.6) is 5.88 Å². The molecule has 1 aromatic heterocycles. The Bertz CT molecular complexity index is 1240. The molecule has 31 heavy (non-hydrogen) atoms. The molecule has 7 nitrogen and oxygen atoms in total. The van der Waals surface area contributed by atoms with Crippen LogP contribution in [-0.2, 0) is 4.84 Å². The molecule has 0 amide bonds. The van der Waals surface area contributed by atoms with E-state index < -0.39 is 0 Å². The number of hydrogen-bond acceptors (Lipinski definition) is 6. The lowest BCUT2D eigenvalue weighted by molar-refractivity contribution is 0.115. The summed E-state index contributed by atoms with van der Waals surface area (Å²) in [5, 5.41) is 16.0. The van der Waals surface area contributed by atoms with Gasteiger partial charge in [-0.2, -0.15) is 0 Å². The van der Waals surface area contributed by atoms with E-state index >= 15 is 0 Å². The van der Waals surface area contributed by atoms with Crippen molar-refractivity contribution in [3.05, 3.63) is 58.1 Å². The molecule has 1 saturated heterocycles. The van der Waals surface area contributed by atoms with Crippen molar-refractivity contribution in [1.82, 2.24) is 9.88 Å². The molecule has 1 saturated carbocycles. The number of nitrogens with one attached hydrogen (secondary N) is 1. The molecule has 2 aromatic carbocycles. The summed E-state index contributed by atoms with van der Waals surface area (Å²) < 4.78 is 0.925. The fourth-order valence-electron chi connectivity index (χ4n) is 4.85. The van der Waals surface area contributed by atoms with Crippen LogP contribution in [0.3, 0.4) is 0 Å². The Morgan fingerprint density at radius 1 is 1.23 bits per heavy atom. The van der Waals surface area contributed by atoms with Crippen molar-refractivity contribution < 1.29 is 9.94 Å². The van der Waals surface area contributed by atoms with Gasteiger partial charge in [0.1, 0.15) is 18.0 Å². The summed E-state index contributed by atoms with van der Waals surface area (Å²) in [5.41, 5.74) is 10.4. The molecule has 1 aliphatic carbocycles. The monoisotopic (exact) mass is 479 g/mol. The maximum atomic E-state index is 10.7. The third-order valence-corrected chi connectivity index (χ3v) is 7.08. The van der Waals surface area contributed by atoms with Gasteiger partial charge in [-0.3, -0.25) is 4.90 Å². The van der Waals surface area contributed by atoms with Crippen molar-refractivity contribution in [2.75, 3.05) is 26.2 Å². The maximum absolute atomic E-state index is 10.7. The highest BCUT2D eigenvalue weighted by molar-refractivity contribution is 9.10. The van der Waals surface area contributed by atoms with Crippen molar-refractivity contribution in [2.45, 2.75) is 6.04 Å². The number of nitrogens with two attached hydrogens (primary N) is 1. The molecule has 4 N–H and O–H groups in total. The molecule has 0 bridgehead atoms. The lowest BCUT2D eigenvalue weighted by atomic mass is 10.0. The average molecular weight is 480 g/mol. The molecule has 6 rings (SSSR count). The second-order valence-electron chi connectivity index (χ2n) is 8.45. The van der Waals surface area contributed by atoms with E-state index in [1.165, 1.54) is 0 Å². The number of oxime groups is 1. The molecule has 0 radical (unpaired) electrons. The first kappa shape index (κ1) is 19.0. The van der Waals surface area contributed by atoms with Crippen molar-refractivity contribution in [2.24, 2.45) is 27.7 Å². The summed E-state index contributed by atoms with van der Waals surface area (Å²) in [5.74, 6) is 1.40. The third kappa shape index (κ3) is 3.17. The molecule has 3 aromatic rings. The first-order valence-electron chi connectivity index (χ1n) is 10.5. The molecule has 8 heteroatoms. The number of aromatic amines is 1. The second-order valence-corrected chi connectivity index (χ2v) is 9.37. The topological polar surface area (TPSA) is 99.2 Å². The Morgan fingerprint density at radius 3 is 2.87 bits per heavy atom. The van der Waals surface area contributed by atoms with Gasteiger partial charge >= 0.3 is 0 Å². The minimum atomic E-state index is 0.0694. The van der Waals surface area contributed by atoms with Crippen LogP contribution in [0.25, 0.3) is 10.9 Å². The normalized spacial score (nSPS) is 25.7. The van der Waals surface area contributed by atoms with Crippen LogP contribution in [0.2, 0.25) is 0 Å². The number of fused-ring (bicyclic) bond motifs is 3. The largest absolute Gasteiger partial charge is 0.494 e. The number of hydrogen-bond donors (Lipinski definition) is 3. The summed E-state index contributed by atoms with van der Waals surface area (Å²) in [7, 11) is 0. The van der Waals surface area contributed by atoms with Crippen molar-refractivity contribution in [3.8, 4) is 5.88 Å². The molecule has 158 valence electrons. The number of likely N-dealkylation sites (tertiary alicyclic amines) is 1. The zero-order valence-corrected chi connectivity index (χ0v) is 18.3. The third-order valence-electron chi connectivity index (χ3n) is 6.58. The second kappa shape index (κ2) is 7.19. The lowest BCUT2D eigenvalue weighted by Gasteiger charge is -2.17. The lowest BCUT2D eigenvalue weighted by Crippen LogP contribution is -2.31. The minimum Gasteiger partial charge on any atom is -0.494 e. The van der Waals surface area contributed by atoms with Gasteiger partial charge in [0.25, 0.3) is 0 Å². The van der Waals surface area contributed by atoms with E-state index in [4.69, 9.17) is 15.6 Å². The van der Waals surface area contributed by atoms with E-state index in [1.54, 1.807) is 0 Å². The summed E-state index contributed by atoms with van der Waals surface area (Å²) >= 11 is 3.52.